The monoisotopic (exact) mass is 324 g/mol. The molecule has 0 aliphatic heterocycles. The van der Waals surface area contributed by atoms with Crippen LogP contribution in [0.3, 0.4) is 0 Å². The van der Waals surface area contributed by atoms with E-state index in [1.54, 1.807) is 0 Å². The van der Waals surface area contributed by atoms with E-state index in [4.69, 9.17) is 10.2 Å². The zero-order valence-corrected chi connectivity index (χ0v) is 10.8. The fourth-order valence-corrected chi connectivity index (χ4v) is 2.64. The number of carboxylic acids is 1. The fourth-order valence-electron chi connectivity index (χ4n) is 0.960. The molecule has 0 bridgehead atoms. The number of halogens is 1. The van der Waals surface area contributed by atoms with Crippen LogP contribution in [-0.4, -0.2) is 42.2 Å². The van der Waals surface area contributed by atoms with Crippen LogP contribution in [0.4, 0.5) is 0 Å². The summed E-state index contributed by atoms with van der Waals surface area (Å²) < 4.78 is 25.7. The molecule has 94 valence electrons. The number of hydrogen-bond acceptors (Lipinski definition) is 5. The van der Waals surface area contributed by atoms with Gasteiger partial charge >= 0.3 is 5.97 Å². The Morgan fingerprint density at radius 3 is 2.65 bits per heavy atom. The van der Waals surface area contributed by atoms with E-state index in [1.807, 2.05) is 4.72 Å². The number of pyridine rings is 1. The van der Waals surface area contributed by atoms with Crippen molar-refractivity contribution >= 4 is 31.9 Å². The van der Waals surface area contributed by atoms with Gasteiger partial charge in [-0.2, -0.15) is 4.72 Å². The van der Waals surface area contributed by atoms with E-state index in [0.717, 1.165) is 6.20 Å². The average Bonchev–Trinajstić information content (AvgIpc) is 2.25. The molecule has 17 heavy (non-hydrogen) atoms. The molecule has 0 aliphatic carbocycles. The lowest BCUT2D eigenvalue weighted by Gasteiger charge is -2.11. The van der Waals surface area contributed by atoms with Gasteiger partial charge < -0.3 is 10.2 Å². The van der Waals surface area contributed by atoms with Crippen LogP contribution in [-0.2, 0) is 14.8 Å². The Morgan fingerprint density at radius 1 is 1.53 bits per heavy atom. The average molecular weight is 325 g/mol. The third-order valence-electron chi connectivity index (χ3n) is 1.77. The number of aliphatic carboxylic acids is 1. The van der Waals surface area contributed by atoms with Gasteiger partial charge in [0.15, 0.2) is 0 Å². The zero-order chi connectivity index (χ0) is 13.1. The van der Waals surface area contributed by atoms with Gasteiger partial charge in [0, 0.05) is 16.9 Å². The third kappa shape index (κ3) is 3.73. The number of sulfonamides is 1. The summed E-state index contributed by atoms with van der Waals surface area (Å²) >= 11 is 3.05. The minimum absolute atomic E-state index is 0.188. The molecule has 0 amide bonds. The number of aromatic nitrogens is 1. The summed E-state index contributed by atoms with van der Waals surface area (Å²) in [6.07, 6.45) is 2.46. The molecule has 1 atom stereocenters. The van der Waals surface area contributed by atoms with Gasteiger partial charge in [-0.15, -0.1) is 0 Å². The quantitative estimate of drug-likeness (QED) is 0.676. The first-order valence-electron chi connectivity index (χ1n) is 4.33. The third-order valence-corrected chi connectivity index (χ3v) is 3.64. The fraction of sp³-hybridized carbons (Fsp3) is 0.250. The van der Waals surface area contributed by atoms with E-state index in [1.165, 1.54) is 12.3 Å². The summed E-state index contributed by atoms with van der Waals surface area (Å²) in [6, 6.07) is -0.315. The molecular formula is C8H9BrN2O5S. The topological polar surface area (TPSA) is 117 Å². The van der Waals surface area contributed by atoms with Crippen LogP contribution in [0.1, 0.15) is 0 Å². The van der Waals surface area contributed by atoms with Gasteiger partial charge in [0.25, 0.3) is 0 Å². The van der Waals surface area contributed by atoms with E-state index in [9.17, 15) is 13.2 Å². The molecule has 1 unspecified atom stereocenters. The molecule has 0 fully saturated rings. The Bertz CT molecular complexity index is 518. The lowest BCUT2D eigenvalue weighted by molar-refractivity contribution is -0.139. The summed E-state index contributed by atoms with van der Waals surface area (Å²) in [4.78, 5) is 14.1. The molecule has 0 saturated carbocycles. The number of carbonyl (C=O) groups is 1. The Labute approximate surface area is 106 Å². The molecule has 0 aromatic carbocycles. The van der Waals surface area contributed by atoms with Crippen molar-refractivity contribution in [3.05, 3.63) is 22.9 Å². The lowest BCUT2D eigenvalue weighted by atomic mass is 10.3. The highest BCUT2D eigenvalue weighted by Crippen LogP contribution is 2.14. The van der Waals surface area contributed by atoms with Crippen LogP contribution in [0.15, 0.2) is 27.8 Å². The smallest absolute Gasteiger partial charge is 0.324 e. The van der Waals surface area contributed by atoms with Crippen LogP contribution in [0, 0.1) is 0 Å². The minimum Gasteiger partial charge on any atom is -0.480 e. The van der Waals surface area contributed by atoms with Crippen LogP contribution in [0.2, 0.25) is 0 Å². The van der Waals surface area contributed by atoms with Gasteiger partial charge in [-0.1, -0.05) is 0 Å². The van der Waals surface area contributed by atoms with Crippen LogP contribution in [0.5, 0.6) is 0 Å². The van der Waals surface area contributed by atoms with Crippen LogP contribution < -0.4 is 4.72 Å². The summed E-state index contributed by atoms with van der Waals surface area (Å²) in [5.41, 5.74) is 0. The number of nitrogens with zero attached hydrogens (tertiary/aromatic N) is 1. The van der Waals surface area contributed by atoms with Crippen molar-refractivity contribution in [3.63, 3.8) is 0 Å². The number of aliphatic hydroxyl groups is 1. The van der Waals surface area contributed by atoms with Gasteiger partial charge in [0.1, 0.15) is 10.9 Å². The molecule has 0 radical (unpaired) electrons. The van der Waals surface area contributed by atoms with Crippen molar-refractivity contribution in [2.45, 2.75) is 10.9 Å². The highest BCUT2D eigenvalue weighted by Gasteiger charge is 2.24. The Balaban J connectivity index is 3.00. The first-order valence-corrected chi connectivity index (χ1v) is 6.61. The Hall–Kier alpha value is -1.03. The number of aliphatic hydroxyl groups excluding tert-OH is 1. The van der Waals surface area contributed by atoms with E-state index < -0.39 is 28.6 Å². The standard InChI is InChI=1S/C8H9BrN2O5S/c9-5-1-6(3-10-2-5)17(15,16)11-7(4-12)8(13)14/h1-3,7,11-12H,4H2,(H,13,14). The van der Waals surface area contributed by atoms with Crippen molar-refractivity contribution in [1.82, 2.24) is 9.71 Å². The highest BCUT2D eigenvalue weighted by molar-refractivity contribution is 9.10. The maximum Gasteiger partial charge on any atom is 0.324 e. The molecular weight excluding hydrogens is 316 g/mol. The summed E-state index contributed by atoms with van der Waals surface area (Å²) in [6.45, 7) is -0.837. The van der Waals surface area contributed by atoms with Gasteiger partial charge in [0.05, 0.1) is 6.61 Å². The molecule has 0 saturated heterocycles. The van der Waals surface area contributed by atoms with Crippen molar-refractivity contribution in [2.24, 2.45) is 0 Å². The number of hydrogen-bond donors (Lipinski definition) is 3. The maximum atomic E-state index is 11.7. The normalized spacial score (nSPS) is 13.3. The number of rotatable bonds is 5. The predicted molar refractivity (Wildman–Crippen MR) is 60.8 cm³/mol. The Kier molecular flexibility index (Phi) is 4.57. The Morgan fingerprint density at radius 2 is 2.18 bits per heavy atom. The molecule has 1 heterocycles. The first-order chi connectivity index (χ1) is 7.86. The lowest BCUT2D eigenvalue weighted by Crippen LogP contribution is -2.43. The second kappa shape index (κ2) is 5.54. The second-order valence-corrected chi connectivity index (χ2v) is 5.66. The maximum absolute atomic E-state index is 11.7. The van der Waals surface area contributed by atoms with Crippen LogP contribution >= 0.6 is 15.9 Å². The summed E-state index contributed by atoms with van der Waals surface area (Å²) in [5.74, 6) is -1.46. The predicted octanol–water partition coefficient (Wildman–Crippen LogP) is -0.432. The molecule has 0 spiro atoms. The SMILES string of the molecule is O=C(O)C(CO)NS(=O)(=O)c1cncc(Br)c1. The van der Waals surface area contributed by atoms with E-state index in [-0.39, 0.29) is 4.90 Å². The number of nitrogens with one attached hydrogen (secondary N) is 1. The number of carboxylic acid groups (broad SMARTS) is 1. The van der Waals surface area contributed by atoms with Crippen molar-refractivity contribution in [3.8, 4) is 0 Å². The van der Waals surface area contributed by atoms with Gasteiger partial charge in [-0.25, -0.2) is 8.42 Å². The molecule has 1 aromatic heterocycles. The van der Waals surface area contributed by atoms with E-state index >= 15 is 0 Å². The summed E-state index contributed by atoms with van der Waals surface area (Å²) in [7, 11) is -4.02. The van der Waals surface area contributed by atoms with Crippen molar-refractivity contribution in [1.29, 1.82) is 0 Å². The minimum atomic E-state index is -4.02. The van der Waals surface area contributed by atoms with Crippen LogP contribution in [0.25, 0.3) is 0 Å². The summed E-state index contributed by atoms with van der Waals surface area (Å²) in [5, 5.41) is 17.4. The van der Waals surface area contributed by atoms with Crippen molar-refractivity contribution in [2.75, 3.05) is 6.61 Å². The van der Waals surface area contributed by atoms with Gasteiger partial charge in [-0.3, -0.25) is 9.78 Å². The highest BCUT2D eigenvalue weighted by atomic mass is 79.9. The molecule has 3 N–H and O–H groups in total. The molecule has 7 nitrogen and oxygen atoms in total. The second-order valence-electron chi connectivity index (χ2n) is 3.03. The molecule has 1 rings (SSSR count). The zero-order valence-electron chi connectivity index (χ0n) is 8.37. The first kappa shape index (κ1) is 14.0. The molecule has 0 aliphatic rings. The van der Waals surface area contributed by atoms with Gasteiger partial charge in [-0.05, 0) is 22.0 Å². The van der Waals surface area contributed by atoms with Crippen molar-refractivity contribution < 1.29 is 23.4 Å². The largest absolute Gasteiger partial charge is 0.480 e. The molecule has 9 heteroatoms. The van der Waals surface area contributed by atoms with E-state index in [0.29, 0.717) is 4.47 Å². The van der Waals surface area contributed by atoms with E-state index in [2.05, 4.69) is 20.9 Å². The molecule has 1 aromatic rings. The van der Waals surface area contributed by atoms with Gasteiger partial charge in [0.2, 0.25) is 10.0 Å².